The minimum Gasteiger partial charge on any atom is -0.494 e. The van der Waals surface area contributed by atoms with E-state index in [1.54, 1.807) is 24.3 Å². The third-order valence-corrected chi connectivity index (χ3v) is 6.18. The van der Waals surface area contributed by atoms with E-state index < -0.39 is 0 Å². The summed E-state index contributed by atoms with van der Waals surface area (Å²) >= 11 is 0. The largest absolute Gasteiger partial charge is 0.494 e. The maximum atomic E-state index is 12.6. The second-order valence-electron chi connectivity index (χ2n) is 9.21. The number of allylic oxidation sites excluding steroid dienone is 1. The van der Waals surface area contributed by atoms with Gasteiger partial charge in [-0.3, -0.25) is 0 Å². The standard InChI is InChI=1S/C33H40O4/c1-3-5-7-9-11-25-35-30-19-17-28(18-20-30)27-13-15-29(16-14-27)33(34)37-32-23-21-31(22-24-32)36-26-12-10-8-6-4-2/h3,13-24H,1,4-12,25-26H2,2H3. The second-order valence-corrected chi connectivity index (χ2v) is 9.21. The summed E-state index contributed by atoms with van der Waals surface area (Å²) in [6.45, 7) is 7.40. The molecule has 3 rings (SSSR count). The lowest BCUT2D eigenvalue weighted by Gasteiger charge is -2.09. The van der Waals surface area contributed by atoms with Crippen molar-refractivity contribution in [3.63, 3.8) is 0 Å². The highest BCUT2D eigenvalue weighted by molar-refractivity contribution is 5.91. The maximum absolute atomic E-state index is 12.6. The van der Waals surface area contributed by atoms with Crippen LogP contribution in [-0.2, 0) is 0 Å². The van der Waals surface area contributed by atoms with Gasteiger partial charge in [-0.2, -0.15) is 0 Å². The highest BCUT2D eigenvalue weighted by atomic mass is 16.5. The number of unbranched alkanes of at least 4 members (excludes halogenated alkanes) is 7. The molecule has 3 aromatic carbocycles. The quantitative estimate of drug-likeness (QED) is 0.0802. The lowest BCUT2D eigenvalue weighted by Crippen LogP contribution is -2.08. The molecule has 0 radical (unpaired) electrons. The van der Waals surface area contributed by atoms with Crippen molar-refractivity contribution in [2.45, 2.75) is 64.7 Å². The Morgan fingerprint density at radius 2 is 1.14 bits per heavy atom. The summed E-state index contributed by atoms with van der Waals surface area (Å²) in [7, 11) is 0. The number of rotatable bonds is 17. The number of hydrogen-bond acceptors (Lipinski definition) is 4. The number of carbonyl (C=O) groups is 1. The van der Waals surface area contributed by atoms with E-state index in [9.17, 15) is 4.79 Å². The highest BCUT2D eigenvalue weighted by Crippen LogP contribution is 2.24. The zero-order chi connectivity index (χ0) is 26.1. The van der Waals surface area contributed by atoms with E-state index >= 15 is 0 Å². The van der Waals surface area contributed by atoms with Gasteiger partial charge in [-0.25, -0.2) is 4.79 Å². The summed E-state index contributed by atoms with van der Waals surface area (Å²) in [5, 5.41) is 0. The van der Waals surface area contributed by atoms with Crippen LogP contribution in [0.2, 0.25) is 0 Å². The molecule has 0 spiro atoms. The average molecular weight is 501 g/mol. The molecule has 0 aromatic heterocycles. The van der Waals surface area contributed by atoms with Crippen LogP contribution in [-0.4, -0.2) is 19.2 Å². The van der Waals surface area contributed by atoms with Crippen molar-refractivity contribution in [1.29, 1.82) is 0 Å². The molecule has 0 saturated heterocycles. The molecule has 0 N–H and O–H groups in total. The van der Waals surface area contributed by atoms with Gasteiger partial charge in [0.2, 0.25) is 0 Å². The smallest absolute Gasteiger partial charge is 0.343 e. The number of hydrogen-bond donors (Lipinski definition) is 0. The Morgan fingerprint density at radius 1 is 0.649 bits per heavy atom. The van der Waals surface area contributed by atoms with Gasteiger partial charge in [0.05, 0.1) is 18.8 Å². The van der Waals surface area contributed by atoms with Crippen molar-refractivity contribution in [2.75, 3.05) is 13.2 Å². The van der Waals surface area contributed by atoms with E-state index in [-0.39, 0.29) is 5.97 Å². The van der Waals surface area contributed by atoms with Gasteiger partial charge in [0.15, 0.2) is 0 Å². The first-order chi connectivity index (χ1) is 18.2. The summed E-state index contributed by atoms with van der Waals surface area (Å²) in [6, 6.07) is 22.7. The summed E-state index contributed by atoms with van der Waals surface area (Å²) in [4.78, 5) is 12.6. The van der Waals surface area contributed by atoms with E-state index in [0.717, 1.165) is 61.3 Å². The SMILES string of the molecule is C=CCCCCCOc1ccc(-c2ccc(C(=O)Oc3ccc(OCCCCCCC)cc3)cc2)cc1. The molecule has 4 nitrogen and oxygen atoms in total. The van der Waals surface area contributed by atoms with E-state index in [1.807, 2.05) is 54.6 Å². The van der Waals surface area contributed by atoms with E-state index in [2.05, 4.69) is 13.5 Å². The lowest BCUT2D eigenvalue weighted by atomic mass is 10.0. The third-order valence-electron chi connectivity index (χ3n) is 6.18. The van der Waals surface area contributed by atoms with Gasteiger partial charge >= 0.3 is 5.97 Å². The molecule has 4 heteroatoms. The van der Waals surface area contributed by atoms with Crippen molar-refractivity contribution in [3.8, 4) is 28.4 Å². The van der Waals surface area contributed by atoms with Gasteiger partial charge in [0.25, 0.3) is 0 Å². The Balaban J connectivity index is 1.43. The lowest BCUT2D eigenvalue weighted by molar-refractivity contribution is 0.0734. The van der Waals surface area contributed by atoms with E-state index in [0.29, 0.717) is 17.9 Å². The summed E-state index contributed by atoms with van der Waals surface area (Å²) in [6.07, 6.45) is 12.4. The molecule has 0 heterocycles. The molecule has 37 heavy (non-hydrogen) atoms. The van der Waals surface area contributed by atoms with Crippen LogP contribution in [0.3, 0.4) is 0 Å². The number of benzene rings is 3. The van der Waals surface area contributed by atoms with Gasteiger partial charge in [-0.1, -0.05) is 62.9 Å². The van der Waals surface area contributed by atoms with Crippen LogP contribution in [0.5, 0.6) is 17.2 Å². The first-order valence-corrected chi connectivity index (χ1v) is 13.6. The Hall–Kier alpha value is -3.53. The topological polar surface area (TPSA) is 44.8 Å². The fourth-order valence-corrected chi connectivity index (χ4v) is 3.97. The summed E-state index contributed by atoms with van der Waals surface area (Å²) in [5.74, 6) is 1.78. The highest BCUT2D eigenvalue weighted by Gasteiger charge is 2.09. The monoisotopic (exact) mass is 500 g/mol. The Morgan fingerprint density at radius 3 is 1.70 bits per heavy atom. The van der Waals surface area contributed by atoms with Crippen LogP contribution in [0.25, 0.3) is 11.1 Å². The fraction of sp³-hybridized carbons (Fsp3) is 0.364. The Labute approximate surface area is 222 Å². The molecule has 0 aliphatic carbocycles. The van der Waals surface area contributed by atoms with Crippen LogP contribution in [0.4, 0.5) is 0 Å². The molecule has 0 fully saturated rings. The number of carbonyl (C=O) groups excluding carboxylic acids is 1. The Bertz CT molecular complexity index is 1050. The van der Waals surface area contributed by atoms with Gasteiger partial charge in [0, 0.05) is 0 Å². The molecule has 0 unspecified atom stereocenters. The maximum Gasteiger partial charge on any atom is 0.343 e. The van der Waals surface area contributed by atoms with Crippen molar-refractivity contribution < 1.29 is 19.0 Å². The molecular formula is C33H40O4. The molecule has 0 atom stereocenters. The molecular weight excluding hydrogens is 460 g/mol. The summed E-state index contributed by atoms with van der Waals surface area (Å²) in [5.41, 5.74) is 2.61. The molecule has 3 aromatic rings. The van der Waals surface area contributed by atoms with Crippen molar-refractivity contribution >= 4 is 5.97 Å². The molecule has 0 saturated carbocycles. The number of esters is 1. The minimum absolute atomic E-state index is 0.381. The first-order valence-electron chi connectivity index (χ1n) is 13.6. The van der Waals surface area contributed by atoms with Gasteiger partial charge < -0.3 is 14.2 Å². The predicted octanol–water partition coefficient (Wildman–Crippen LogP) is 9.05. The molecule has 196 valence electrons. The normalized spacial score (nSPS) is 10.6. The predicted molar refractivity (Wildman–Crippen MR) is 152 cm³/mol. The minimum atomic E-state index is -0.381. The van der Waals surface area contributed by atoms with Crippen molar-refractivity contribution in [2.24, 2.45) is 0 Å². The molecule has 0 amide bonds. The summed E-state index contributed by atoms with van der Waals surface area (Å²) < 4.78 is 17.2. The molecule has 0 aliphatic rings. The van der Waals surface area contributed by atoms with Crippen LogP contribution in [0, 0.1) is 0 Å². The van der Waals surface area contributed by atoms with Gasteiger partial charge in [-0.05, 0) is 91.8 Å². The van der Waals surface area contributed by atoms with Crippen LogP contribution >= 0.6 is 0 Å². The van der Waals surface area contributed by atoms with Gasteiger partial charge in [-0.15, -0.1) is 6.58 Å². The van der Waals surface area contributed by atoms with Crippen molar-refractivity contribution in [1.82, 2.24) is 0 Å². The second kappa shape index (κ2) is 16.3. The van der Waals surface area contributed by atoms with Crippen LogP contribution < -0.4 is 14.2 Å². The average Bonchev–Trinajstić information content (AvgIpc) is 2.94. The van der Waals surface area contributed by atoms with Crippen LogP contribution in [0.15, 0.2) is 85.5 Å². The van der Waals surface area contributed by atoms with Gasteiger partial charge in [0.1, 0.15) is 17.2 Å². The van der Waals surface area contributed by atoms with E-state index in [1.165, 1.54) is 25.7 Å². The van der Waals surface area contributed by atoms with Crippen molar-refractivity contribution in [3.05, 3.63) is 91.0 Å². The molecule has 0 bridgehead atoms. The number of ether oxygens (including phenoxy) is 3. The zero-order valence-corrected chi connectivity index (χ0v) is 22.1. The van der Waals surface area contributed by atoms with E-state index in [4.69, 9.17) is 14.2 Å². The fourth-order valence-electron chi connectivity index (χ4n) is 3.97. The zero-order valence-electron chi connectivity index (χ0n) is 22.1. The molecule has 0 aliphatic heterocycles. The Kier molecular flexibility index (Phi) is 12.3. The third kappa shape index (κ3) is 10.2. The van der Waals surface area contributed by atoms with Crippen LogP contribution in [0.1, 0.15) is 75.1 Å². The first kappa shape index (κ1) is 28.0.